The summed E-state index contributed by atoms with van der Waals surface area (Å²) in [5.74, 6) is -3.65. The van der Waals surface area contributed by atoms with E-state index >= 15 is 0 Å². The van der Waals surface area contributed by atoms with E-state index in [1.165, 1.54) is 0 Å². The summed E-state index contributed by atoms with van der Waals surface area (Å²) >= 11 is 0.750. The Hall–Kier alpha value is 1.09. The van der Waals surface area contributed by atoms with Crippen molar-refractivity contribution in [2.75, 3.05) is 0 Å². The van der Waals surface area contributed by atoms with E-state index in [0.717, 1.165) is 20.4 Å². The first-order valence-corrected chi connectivity index (χ1v) is 1.95. The van der Waals surface area contributed by atoms with Crippen LogP contribution in [0.5, 0.6) is 0 Å². The molecule has 0 aromatic rings. The average Bonchev–Trinajstić information content (AvgIpc) is 1.72. The molecule has 2 N–H and O–H groups in total. The van der Waals surface area contributed by atoms with Crippen molar-refractivity contribution in [2.45, 2.75) is 0 Å². The van der Waals surface area contributed by atoms with Gasteiger partial charge in [0, 0.05) is 0 Å². The molecule has 9 heavy (non-hydrogen) atoms. The quantitative estimate of drug-likeness (QED) is 0.304. The SMILES string of the molecule is O=C(O)C(=O)O.[H-].[K+].[O]=[Ti]. The summed E-state index contributed by atoms with van der Waals surface area (Å²) in [5.41, 5.74) is 0. The molecule has 0 spiro atoms. The van der Waals surface area contributed by atoms with E-state index in [1.807, 2.05) is 0 Å². The molecule has 0 aromatic carbocycles. The molecule has 0 amide bonds. The van der Waals surface area contributed by atoms with E-state index in [-0.39, 0.29) is 52.8 Å². The van der Waals surface area contributed by atoms with Gasteiger partial charge in [0.1, 0.15) is 0 Å². The summed E-state index contributed by atoms with van der Waals surface area (Å²) in [6, 6.07) is 0. The van der Waals surface area contributed by atoms with Crippen LogP contribution >= 0.6 is 0 Å². The minimum absolute atomic E-state index is 0. The van der Waals surface area contributed by atoms with Gasteiger partial charge < -0.3 is 11.6 Å². The molecule has 0 atom stereocenters. The summed E-state index contributed by atoms with van der Waals surface area (Å²) in [4.78, 5) is 18.2. The maximum absolute atomic E-state index is 9.10. The van der Waals surface area contributed by atoms with E-state index in [4.69, 9.17) is 23.1 Å². The number of carbonyl (C=O) groups is 2. The Labute approximate surface area is 106 Å². The summed E-state index contributed by atoms with van der Waals surface area (Å²) < 4.78 is 8.25. The first-order chi connectivity index (χ1) is 3.64. The van der Waals surface area contributed by atoms with E-state index in [2.05, 4.69) is 0 Å². The Bertz CT molecular complexity index is 95.8. The van der Waals surface area contributed by atoms with Gasteiger partial charge in [0.2, 0.25) is 0 Å². The number of aliphatic carboxylic acids is 2. The second-order valence-electron chi connectivity index (χ2n) is 0.610. The van der Waals surface area contributed by atoms with Gasteiger partial charge in [-0.2, -0.15) is 0 Å². The van der Waals surface area contributed by atoms with Crippen molar-refractivity contribution in [3.05, 3.63) is 0 Å². The maximum atomic E-state index is 9.10. The van der Waals surface area contributed by atoms with Gasteiger partial charge in [0.05, 0.1) is 0 Å². The molecule has 0 aromatic heterocycles. The van der Waals surface area contributed by atoms with Gasteiger partial charge in [0.15, 0.2) is 0 Å². The predicted octanol–water partition coefficient (Wildman–Crippen LogP) is -3.85. The van der Waals surface area contributed by atoms with E-state index < -0.39 is 11.9 Å². The van der Waals surface area contributed by atoms with Crippen LogP contribution in [0, 0.1) is 0 Å². The second-order valence-corrected chi connectivity index (χ2v) is 0.610. The third kappa shape index (κ3) is 17.6. The van der Waals surface area contributed by atoms with E-state index in [1.54, 1.807) is 0 Å². The molecular formula is C2H3KO5Ti. The van der Waals surface area contributed by atoms with Crippen molar-refractivity contribution in [2.24, 2.45) is 0 Å². The Kier molecular flexibility index (Phi) is 21.8. The van der Waals surface area contributed by atoms with Crippen LogP contribution in [0.2, 0.25) is 0 Å². The fraction of sp³-hybridized carbons (Fsp3) is 0. The van der Waals surface area contributed by atoms with Crippen LogP contribution in [0.25, 0.3) is 0 Å². The molecule has 0 aliphatic carbocycles. The first kappa shape index (κ1) is 16.6. The first-order valence-electron chi connectivity index (χ1n) is 1.31. The van der Waals surface area contributed by atoms with Crippen molar-refractivity contribution in [3.8, 4) is 0 Å². The summed E-state index contributed by atoms with van der Waals surface area (Å²) in [5, 5.41) is 14.8. The molecule has 5 nitrogen and oxygen atoms in total. The summed E-state index contributed by atoms with van der Waals surface area (Å²) in [6.45, 7) is 0. The number of rotatable bonds is 0. The zero-order valence-electron chi connectivity index (χ0n) is 5.62. The molecule has 0 aliphatic heterocycles. The minimum atomic E-state index is -1.82. The Morgan fingerprint density at radius 3 is 1.22 bits per heavy atom. The molecule has 0 saturated carbocycles. The van der Waals surface area contributed by atoms with E-state index in [0.29, 0.717) is 0 Å². The van der Waals surface area contributed by atoms with Gasteiger partial charge in [-0.15, -0.1) is 0 Å². The van der Waals surface area contributed by atoms with Gasteiger partial charge >= 0.3 is 87.1 Å². The van der Waals surface area contributed by atoms with Crippen molar-refractivity contribution in [1.29, 1.82) is 0 Å². The molecule has 7 heteroatoms. The van der Waals surface area contributed by atoms with Crippen LogP contribution < -0.4 is 51.4 Å². The fourth-order valence-electron chi connectivity index (χ4n) is 0. The molecule has 0 unspecified atom stereocenters. The molecule has 0 fully saturated rings. The second kappa shape index (κ2) is 11.8. The molecule has 0 aliphatic rings. The number of hydrogen-bond donors (Lipinski definition) is 2. The summed E-state index contributed by atoms with van der Waals surface area (Å²) in [7, 11) is 0. The van der Waals surface area contributed by atoms with Crippen LogP contribution in [0.3, 0.4) is 0 Å². The van der Waals surface area contributed by atoms with Crippen LogP contribution in [0.4, 0.5) is 0 Å². The monoisotopic (exact) mass is 194 g/mol. The third-order valence-electron chi connectivity index (χ3n) is 0.183. The molecule has 0 bridgehead atoms. The fourth-order valence-corrected chi connectivity index (χ4v) is 0. The predicted molar refractivity (Wildman–Crippen MR) is 17.1 cm³/mol. The average molecular weight is 194 g/mol. The Morgan fingerprint density at radius 2 is 1.22 bits per heavy atom. The number of carboxylic acids is 2. The molecule has 46 valence electrons. The van der Waals surface area contributed by atoms with Gasteiger partial charge in [-0.3, -0.25) is 0 Å². The number of hydrogen-bond acceptors (Lipinski definition) is 3. The van der Waals surface area contributed by atoms with Crippen LogP contribution in [-0.2, 0) is 33.3 Å². The van der Waals surface area contributed by atoms with Gasteiger partial charge in [0.25, 0.3) is 0 Å². The van der Waals surface area contributed by atoms with Gasteiger partial charge in [-0.25, -0.2) is 9.59 Å². The van der Waals surface area contributed by atoms with Crippen molar-refractivity contribution in [3.63, 3.8) is 0 Å². The summed E-state index contributed by atoms with van der Waals surface area (Å²) in [6.07, 6.45) is 0. The molecule has 0 heterocycles. The Morgan fingerprint density at radius 1 is 1.11 bits per heavy atom. The van der Waals surface area contributed by atoms with Crippen LogP contribution in [0.15, 0.2) is 0 Å². The Balaban J connectivity index is -0.0000000412. The standard InChI is InChI=1S/C2H2O4.K.O.Ti.H/c3-1(4)2(5)6;;;;/h(H,3,4)(H,5,6);;;;/q;+1;;;-1. The molecule has 0 radical (unpaired) electrons. The van der Waals surface area contributed by atoms with Crippen molar-refractivity contribution in [1.82, 2.24) is 0 Å². The van der Waals surface area contributed by atoms with Crippen LogP contribution in [0.1, 0.15) is 1.43 Å². The zero-order chi connectivity index (χ0) is 7.15. The molecule has 0 saturated heterocycles. The molecular weight excluding hydrogens is 191 g/mol. The topological polar surface area (TPSA) is 91.7 Å². The van der Waals surface area contributed by atoms with Crippen molar-refractivity contribution < 1.29 is 96.3 Å². The normalized spacial score (nSPS) is 5.22. The van der Waals surface area contributed by atoms with Crippen LogP contribution in [-0.4, -0.2) is 22.2 Å². The number of carboxylic acid groups (broad SMARTS) is 2. The van der Waals surface area contributed by atoms with E-state index in [9.17, 15) is 0 Å². The van der Waals surface area contributed by atoms with Gasteiger partial charge in [-0.05, 0) is 0 Å². The van der Waals surface area contributed by atoms with Gasteiger partial charge in [-0.1, -0.05) is 0 Å². The molecule has 0 rings (SSSR count). The third-order valence-corrected chi connectivity index (χ3v) is 0.183. The zero-order valence-corrected chi connectivity index (χ0v) is 9.30. The van der Waals surface area contributed by atoms with Crippen molar-refractivity contribution >= 4 is 11.9 Å².